The molecule has 0 unspecified atom stereocenters. The molecule has 5 heteroatoms. The molecule has 15 aromatic rings. The van der Waals surface area contributed by atoms with Crippen molar-refractivity contribution in [2.24, 2.45) is 0 Å². The highest BCUT2D eigenvalue weighted by molar-refractivity contribution is 6.12. The Morgan fingerprint density at radius 2 is 0.679 bits per heavy atom. The molecule has 0 aliphatic carbocycles. The van der Waals surface area contributed by atoms with Crippen LogP contribution in [0.5, 0.6) is 11.5 Å². The standard InChI is InChI=1S/C76H48N2O3/c1-3-15-49(16-4-1)51-31-39-56(40-32-51)77(57-43-35-53(36-44-57)61-22-12-24-65-63-20-7-9-28-69(63)80-75(61)65)60-47-55-19-11-26-67-73(55)72(48-60)79-71-30-14-27-68(74(67)71)78(58-41-33-52(34-42-58)50-17-5-2-6-18-50)59-45-37-54(38-46-59)62-23-13-25-66-64-21-8-10-29-70(64)81-76(62)66/h1-48H. The lowest BCUT2D eigenvalue weighted by Gasteiger charge is -2.32. The highest BCUT2D eigenvalue weighted by atomic mass is 16.5. The Balaban J connectivity index is 0.818. The van der Waals surface area contributed by atoms with Gasteiger partial charge < -0.3 is 23.4 Å². The SMILES string of the molecule is c1ccc(-c2ccc(N(c3ccc(-c4cccc5c4oc4ccccc45)cc3)c3cc4c5c(cccc5c3)-c3c(cccc3N(c3ccc(-c5ccccc5)cc3)c3ccc(-c5cccc6c5oc5ccccc56)cc3)O4)cc2)cc1. The number of anilines is 6. The van der Waals surface area contributed by atoms with Crippen LogP contribution >= 0.6 is 0 Å². The molecule has 0 bridgehead atoms. The summed E-state index contributed by atoms with van der Waals surface area (Å²) in [5.41, 5.74) is 20.7. The average molecular weight is 1040 g/mol. The number of hydrogen-bond donors (Lipinski definition) is 0. The molecule has 380 valence electrons. The van der Waals surface area contributed by atoms with Crippen molar-refractivity contribution in [1.82, 2.24) is 0 Å². The monoisotopic (exact) mass is 1040 g/mol. The largest absolute Gasteiger partial charge is 0.456 e. The molecular weight excluding hydrogens is 989 g/mol. The third kappa shape index (κ3) is 7.85. The minimum Gasteiger partial charge on any atom is -0.456 e. The minimum atomic E-state index is 0.784. The average Bonchev–Trinajstić information content (AvgIpc) is 4.19. The third-order valence-corrected chi connectivity index (χ3v) is 16.1. The van der Waals surface area contributed by atoms with Crippen LogP contribution in [0, 0.1) is 0 Å². The predicted octanol–water partition coefficient (Wildman–Crippen LogP) is 22.0. The maximum atomic E-state index is 7.24. The van der Waals surface area contributed by atoms with Crippen molar-refractivity contribution in [3.63, 3.8) is 0 Å². The number of nitrogens with zero attached hydrogens (tertiary/aromatic N) is 2. The molecule has 0 radical (unpaired) electrons. The quantitative estimate of drug-likeness (QED) is 0.137. The van der Waals surface area contributed by atoms with Crippen molar-refractivity contribution in [3.8, 4) is 67.1 Å². The topological polar surface area (TPSA) is 42.0 Å². The lowest BCUT2D eigenvalue weighted by molar-refractivity contribution is 0.487. The molecular formula is C76H48N2O3. The summed E-state index contributed by atoms with van der Waals surface area (Å²) in [6, 6.07) is 103. The van der Waals surface area contributed by atoms with Gasteiger partial charge in [0, 0.05) is 72.4 Å². The first-order valence-electron chi connectivity index (χ1n) is 27.5. The third-order valence-electron chi connectivity index (χ3n) is 16.1. The van der Waals surface area contributed by atoms with Crippen molar-refractivity contribution >= 4 is 88.8 Å². The van der Waals surface area contributed by atoms with E-state index < -0.39 is 0 Å². The van der Waals surface area contributed by atoms with Crippen LogP contribution in [0.4, 0.5) is 34.1 Å². The van der Waals surface area contributed by atoms with Crippen molar-refractivity contribution in [2.75, 3.05) is 9.80 Å². The first-order chi connectivity index (χ1) is 40.1. The molecule has 0 spiro atoms. The number of para-hydroxylation sites is 4. The Morgan fingerprint density at radius 3 is 1.21 bits per heavy atom. The van der Waals surface area contributed by atoms with Crippen molar-refractivity contribution in [1.29, 1.82) is 0 Å². The molecule has 5 nitrogen and oxygen atoms in total. The molecule has 16 rings (SSSR count). The summed E-state index contributed by atoms with van der Waals surface area (Å²) >= 11 is 0. The van der Waals surface area contributed by atoms with Gasteiger partial charge in [0.05, 0.1) is 11.4 Å². The fourth-order valence-corrected chi connectivity index (χ4v) is 12.2. The highest BCUT2D eigenvalue weighted by Gasteiger charge is 2.29. The normalized spacial score (nSPS) is 11.8. The summed E-state index contributed by atoms with van der Waals surface area (Å²) in [4.78, 5) is 4.69. The Kier molecular flexibility index (Phi) is 10.8. The molecule has 3 heterocycles. The molecule has 0 saturated heterocycles. The lowest BCUT2D eigenvalue weighted by atomic mass is 9.92. The minimum absolute atomic E-state index is 0.784. The van der Waals surface area contributed by atoms with Gasteiger partial charge in [0.25, 0.3) is 0 Å². The van der Waals surface area contributed by atoms with Gasteiger partial charge in [-0.1, -0.05) is 206 Å². The summed E-state index contributed by atoms with van der Waals surface area (Å²) in [6.45, 7) is 0. The second-order valence-electron chi connectivity index (χ2n) is 20.8. The van der Waals surface area contributed by atoms with Gasteiger partial charge in [-0.15, -0.1) is 0 Å². The number of furan rings is 2. The number of fused-ring (bicyclic) bond motifs is 8. The van der Waals surface area contributed by atoms with Crippen LogP contribution in [0.2, 0.25) is 0 Å². The van der Waals surface area contributed by atoms with Gasteiger partial charge in [-0.25, -0.2) is 0 Å². The van der Waals surface area contributed by atoms with E-state index in [4.69, 9.17) is 13.6 Å². The van der Waals surface area contributed by atoms with Crippen molar-refractivity contribution in [3.05, 3.63) is 291 Å². The second kappa shape index (κ2) is 18.9. The predicted molar refractivity (Wildman–Crippen MR) is 335 cm³/mol. The molecule has 0 atom stereocenters. The second-order valence-corrected chi connectivity index (χ2v) is 20.8. The molecule has 0 amide bonds. The van der Waals surface area contributed by atoms with Crippen molar-refractivity contribution < 1.29 is 13.6 Å². The molecule has 1 aliphatic rings. The molecule has 81 heavy (non-hydrogen) atoms. The van der Waals surface area contributed by atoms with E-state index in [-0.39, 0.29) is 0 Å². The Morgan fingerprint density at radius 1 is 0.259 bits per heavy atom. The summed E-state index contributed by atoms with van der Waals surface area (Å²) in [5, 5.41) is 6.58. The first-order valence-corrected chi connectivity index (χ1v) is 27.5. The van der Waals surface area contributed by atoms with Crippen LogP contribution in [-0.2, 0) is 0 Å². The van der Waals surface area contributed by atoms with E-state index in [9.17, 15) is 0 Å². The van der Waals surface area contributed by atoms with Gasteiger partial charge in [-0.2, -0.15) is 0 Å². The van der Waals surface area contributed by atoms with E-state index in [1.54, 1.807) is 0 Å². The van der Waals surface area contributed by atoms with Gasteiger partial charge >= 0.3 is 0 Å². The first kappa shape index (κ1) is 46.2. The molecule has 0 N–H and O–H groups in total. The number of ether oxygens (including phenoxy) is 1. The zero-order valence-electron chi connectivity index (χ0n) is 43.8. The van der Waals surface area contributed by atoms with Gasteiger partial charge in [0.1, 0.15) is 33.8 Å². The molecule has 2 aromatic heterocycles. The summed E-state index contributed by atoms with van der Waals surface area (Å²) in [6.07, 6.45) is 0. The summed E-state index contributed by atoms with van der Waals surface area (Å²) in [5.74, 6) is 1.58. The van der Waals surface area contributed by atoms with E-state index in [1.165, 1.54) is 11.1 Å². The zero-order chi connectivity index (χ0) is 53.4. The molecule has 0 fully saturated rings. The summed E-state index contributed by atoms with van der Waals surface area (Å²) < 4.78 is 20.3. The number of rotatable bonds is 10. The van der Waals surface area contributed by atoms with Gasteiger partial charge in [0.2, 0.25) is 0 Å². The zero-order valence-corrected chi connectivity index (χ0v) is 43.8. The highest BCUT2D eigenvalue weighted by Crippen LogP contribution is 2.55. The van der Waals surface area contributed by atoms with Crippen LogP contribution in [-0.4, -0.2) is 0 Å². The Hall–Kier alpha value is -10.9. The van der Waals surface area contributed by atoms with Crippen LogP contribution in [0.3, 0.4) is 0 Å². The van der Waals surface area contributed by atoms with Gasteiger partial charge in [-0.3, -0.25) is 0 Å². The summed E-state index contributed by atoms with van der Waals surface area (Å²) in [7, 11) is 0. The van der Waals surface area contributed by atoms with Crippen LogP contribution in [0.15, 0.2) is 300 Å². The van der Waals surface area contributed by atoms with Gasteiger partial charge in [0.15, 0.2) is 0 Å². The fraction of sp³-hybridized carbons (Fsp3) is 0. The van der Waals surface area contributed by atoms with Crippen molar-refractivity contribution in [2.45, 2.75) is 0 Å². The van der Waals surface area contributed by atoms with E-state index in [0.29, 0.717) is 0 Å². The van der Waals surface area contributed by atoms with Gasteiger partial charge in [-0.05, 0) is 123 Å². The molecule has 13 aromatic carbocycles. The molecule has 0 saturated carbocycles. The van der Waals surface area contributed by atoms with Crippen LogP contribution in [0.1, 0.15) is 0 Å². The lowest BCUT2D eigenvalue weighted by Crippen LogP contribution is -2.13. The van der Waals surface area contributed by atoms with Crippen LogP contribution < -0.4 is 14.5 Å². The van der Waals surface area contributed by atoms with E-state index in [2.05, 4.69) is 277 Å². The van der Waals surface area contributed by atoms with E-state index in [0.717, 1.165) is 145 Å². The maximum Gasteiger partial charge on any atom is 0.143 e. The number of hydrogen-bond acceptors (Lipinski definition) is 5. The Bertz CT molecular complexity index is 4870. The van der Waals surface area contributed by atoms with E-state index >= 15 is 0 Å². The molecule has 1 aliphatic heterocycles. The number of benzene rings is 13. The Labute approximate surface area is 468 Å². The fourth-order valence-electron chi connectivity index (χ4n) is 12.2. The van der Waals surface area contributed by atoms with E-state index in [1.807, 2.05) is 24.3 Å². The van der Waals surface area contributed by atoms with Crippen LogP contribution in [0.25, 0.3) is 110 Å². The maximum absolute atomic E-state index is 7.24. The smallest absolute Gasteiger partial charge is 0.143 e.